The van der Waals surface area contributed by atoms with Crippen LogP contribution in [0, 0.1) is 0 Å². The van der Waals surface area contributed by atoms with E-state index in [4.69, 9.17) is 4.99 Å². The molecule has 0 saturated carbocycles. The van der Waals surface area contributed by atoms with Gasteiger partial charge in [0, 0.05) is 57.6 Å². The summed E-state index contributed by atoms with van der Waals surface area (Å²) in [6.45, 7) is 8.08. The van der Waals surface area contributed by atoms with Gasteiger partial charge in [-0.15, -0.1) is 24.0 Å². The maximum Gasteiger partial charge on any atom is 0.226 e. The van der Waals surface area contributed by atoms with Crippen LogP contribution in [0.1, 0.15) is 31.7 Å². The first-order valence-electron chi connectivity index (χ1n) is 11.3. The third kappa shape index (κ3) is 6.11. The number of halogens is 1. The van der Waals surface area contributed by atoms with Gasteiger partial charge in [0.25, 0.3) is 0 Å². The standard InChI is InChI=1S/C24H32N6O.HI/c1-2-25-24(29-17-15-28(16-18-29)22-7-3-5-13-26-22)27-19-20-9-11-21(12-10-20)30-14-6-4-8-23(30)31;/h3,5,7,9-13H,2,4,6,8,14-19H2,1H3,(H,25,27);1H. The molecule has 0 spiro atoms. The Labute approximate surface area is 207 Å². The van der Waals surface area contributed by atoms with Crippen LogP contribution in [0.4, 0.5) is 11.5 Å². The van der Waals surface area contributed by atoms with Crippen molar-refractivity contribution >= 4 is 47.3 Å². The molecular formula is C24H33IN6O. The first-order valence-corrected chi connectivity index (χ1v) is 11.3. The highest BCUT2D eigenvalue weighted by Crippen LogP contribution is 2.21. The van der Waals surface area contributed by atoms with Crippen molar-refractivity contribution in [1.82, 2.24) is 15.2 Å². The van der Waals surface area contributed by atoms with Gasteiger partial charge in [0.05, 0.1) is 6.54 Å². The molecule has 2 saturated heterocycles. The maximum atomic E-state index is 12.1. The van der Waals surface area contributed by atoms with Crippen LogP contribution >= 0.6 is 24.0 Å². The molecule has 7 nitrogen and oxygen atoms in total. The van der Waals surface area contributed by atoms with Crippen LogP contribution in [0.15, 0.2) is 53.7 Å². The van der Waals surface area contributed by atoms with Crippen LogP contribution in [0.25, 0.3) is 0 Å². The van der Waals surface area contributed by atoms with Crippen molar-refractivity contribution in [3.8, 4) is 0 Å². The topological polar surface area (TPSA) is 64.1 Å². The summed E-state index contributed by atoms with van der Waals surface area (Å²) in [5.41, 5.74) is 2.14. The zero-order valence-corrected chi connectivity index (χ0v) is 21.1. The monoisotopic (exact) mass is 548 g/mol. The minimum atomic E-state index is 0. The van der Waals surface area contributed by atoms with Crippen LogP contribution in [0.2, 0.25) is 0 Å². The van der Waals surface area contributed by atoms with E-state index in [1.54, 1.807) is 0 Å². The van der Waals surface area contributed by atoms with Crippen molar-refractivity contribution in [3.63, 3.8) is 0 Å². The molecule has 1 aromatic carbocycles. The number of aliphatic imine (C=N–C) groups is 1. The molecule has 0 atom stereocenters. The van der Waals surface area contributed by atoms with Gasteiger partial charge in [-0.25, -0.2) is 9.98 Å². The van der Waals surface area contributed by atoms with E-state index in [9.17, 15) is 4.79 Å². The molecule has 3 heterocycles. The Morgan fingerprint density at radius 1 is 1.03 bits per heavy atom. The number of nitrogens with one attached hydrogen (secondary N) is 1. The summed E-state index contributed by atoms with van der Waals surface area (Å²) in [5, 5.41) is 3.43. The number of piperidine rings is 1. The first-order chi connectivity index (χ1) is 15.2. The fourth-order valence-electron chi connectivity index (χ4n) is 4.14. The van der Waals surface area contributed by atoms with Crippen LogP contribution in [0.3, 0.4) is 0 Å². The van der Waals surface area contributed by atoms with Gasteiger partial charge in [0.1, 0.15) is 5.82 Å². The van der Waals surface area contributed by atoms with Crippen molar-refractivity contribution in [3.05, 3.63) is 54.2 Å². The van der Waals surface area contributed by atoms with Crippen LogP contribution in [-0.2, 0) is 11.3 Å². The number of carbonyl (C=O) groups is 1. The van der Waals surface area contributed by atoms with Crippen LogP contribution in [-0.4, -0.2) is 61.0 Å². The molecule has 8 heteroatoms. The third-order valence-corrected chi connectivity index (χ3v) is 5.87. The van der Waals surface area contributed by atoms with Gasteiger partial charge in [0.2, 0.25) is 5.91 Å². The highest BCUT2D eigenvalue weighted by molar-refractivity contribution is 14.0. The Kier molecular flexibility index (Phi) is 9.13. The quantitative estimate of drug-likeness (QED) is 0.352. The second-order valence-electron chi connectivity index (χ2n) is 8.00. The Balaban J connectivity index is 0.00000289. The van der Waals surface area contributed by atoms with Gasteiger partial charge >= 0.3 is 0 Å². The number of carbonyl (C=O) groups excluding carboxylic acids is 1. The van der Waals surface area contributed by atoms with Gasteiger partial charge in [0.15, 0.2) is 5.96 Å². The van der Waals surface area contributed by atoms with E-state index >= 15 is 0 Å². The smallest absolute Gasteiger partial charge is 0.226 e. The van der Waals surface area contributed by atoms with Crippen molar-refractivity contribution in [2.45, 2.75) is 32.7 Å². The fraction of sp³-hybridized carbons (Fsp3) is 0.458. The van der Waals surface area contributed by atoms with E-state index in [0.29, 0.717) is 13.0 Å². The van der Waals surface area contributed by atoms with Crippen LogP contribution < -0.4 is 15.1 Å². The predicted octanol–water partition coefficient (Wildman–Crippen LogP) is 3.50. The summed E-state index contributed by atoms with van der Waals surface area (Å²) in [6, 6.07) is 14.3. The molecule has 2 aliphatic rings. The molecule has 0 bridgehead atoms. The summed E-state index contributed by atoms with van der Waals surface area (Å²) >= 11 is 0. The Morgan fingerprint density at radius 2 is 1.81 bits per heavy atom. The lowest BCUT2D eigenvalue weighted by Gasteiger charge is -2.37. The molecule has 1 amide bonds. The largest absolute Gasteiger partial charge is 0.357 e. The second kappa shape index (κ2) is 12.0. The van der Waals surface area contributed by atoms with Crippen molar-refractivity contribution in [2.75, 3.05) is 49.1 Å². The average Bonchev–Trinajstić information content (AvgIpc) is 2.83. The molecule has 0 aliphatic carbocycles. The number of nitrogens with zero attached hydrogens (tertiary/aromatic N) is 5. The number of benzene rings is 1. The van der Waals surface area contributed by atoms with E-state index < -0.39 is 0 Å². The zero-order chi connectivity index (χ0) is 21.5. The molecule has 2 aliphatic heterocycles. The van der Waals surface area contributed by atoms with E-state index in [0.717, 1.165) is 75.1 Å². The highest BCUT2D eigenvalue weighted by Gasteiger charge is 2.21. The summed E-state index contributed by atoms with van der Waals surface area (Å²) in [4.78, 5) is 28.0. The fourth-order valence-corrected chi connectivity index (χ4v) is 4.14. The number of hydrogen-bond acceptors (Lipinski definition) is 4. The molecule has 32 heavy (non-hydrogen) atoms. The summed E-state index contributed by atoms with van der Waals surface area (Å²) in [6.07, 6.45) is 4.59. The van der Waals surface area contributed by atoms with Gasteiger partial charge in [-0.1, -0.05) is 18.2 Å². The Bertz CT molecular complexity index is 881. The molecule has 2 aromatic rings. The van der Waals surface area contributed by atoms with E-state index in [1.165, 1.54) is 0 Å². The molecule has 1 aromatic heterocycles. The lowest BCUT2D eigenvalue weighted by atomic mass is 10.1. The molecule has 0 radical (unpaired) electrons. The molecule has 1 N–H and O–H groups in total. The number of rotatable bonds is 5. The molecule has 172 valence electrons. The predicted molar refractivity (Wildman–Crippen MR) is 141 cm³/mol. The molecular weight excluding hydrogens is 515 g/mol. The number of amides is 1. The second-order valence-corrected chi connectivity index (χ2v) is 8.00. The summed E-state index contributed by atoms with van der Waals surface area (Å²) in [7, 11) is 0. The Hall–Kier alpha value is -2.36. The average molecular weight is 548 g/mol. The zero-order valence-electron chi connectivity index (χ0n) is 18.7. The summed E-state index contributed by atoms with van der Waals surface area (Å²) < 4.78 is 0. The summed E-state index contributed by atoms with van der Waals surface area (Å²) in [5.74, 6) is 2.23. The van der Waals surface area contributed by atoms with Gasteiger partial charge < -0.3 is 20.0 Å². The SMILES string of the molecule is CCNC(=NCc1ccc(N2CCCCC2=O)cc1)N1CCN(c2ccccn2)CC1.I. The Morgan fingerprint density at radius 3 is 2.47 bits per heavy atom. The molecule has 0 unspecified atom stereocenters. The van der Waals surface area contributed by atoms with Gasteiger partial charge in [-0.05, 0) is 49.6 Å². The lowest BCUT2D eigenvalue weighted by molar-refractivity contribution is -0.119. The number of guanidine groups is 1. The number of anilines is 2. The molecule has 4 rings (SSSR count). The number of aromatic nitrogens is 1. The van der Waals surface area contributed by atoms with Crippen molar-refractivity contribution in [2.24, 2.45) is 4.99 Å². The normalized spacial score (nSPS) is 17.2. The van der Waals surface area contributed by atoms with E-state index in [1.807, 2.05) is 35.4 Å². The highest BCUT2D eigenvalue weighted by atomic mass is 127. The van der Waals surface area contributed by atoms with Crippen molar-refractivity contribution in [1.29, 1.82) is 0 Å². The maximum absolute atomic E-state index is 12.1. The van der Waals surface area contributed by atoms with E-state index in [-0.39, 0.29) is 29.9 Å². The lowest BCUT2D eigenvalue weighted by Crippen LogP contribution is -2.52. The number of piperazine rings is 1. The van der Waals surface area contributed by atoms with E-state index in [2.05, 4.69) is 45.2 Å². The third-order valence-electron chi connectivity index (χ3n) is 5.87. The minimum Gasteiger partial charge on any atom is -0.357 e. The van der Waals surface area contributed by atoms with Gasteiger partial charge in [-0.3, -0.25) is 4.79 Å². The minimum absolute atomic E-state index is 0. The first kappa shape index (κ1) is 24.3. The number of pyridine rings is 1. The number of hydrogen-bond donors (Lipinski definition) is 1. The van der Waals surface area contributed by atoms with Crippen LogP contribution in [0.5, 0.6) is 0 Å². The van der Waals surface area contributed by atoms with Crippen molar-refractivity contribution < 1.29 is 4.79 Å². The molecule has 2 fully saturated rings. The van der Waals surface area contributed by atoms with Gasteiger partial charge in [-0.2, -0.15) is 0 Å².